The molecule has 0 saturated carbocycles. The Hall–Kier alpha value is -2.37. The second kappa shape index (κ2) is 58.2. The van der Waals surface area contributed by atoms with Crippen molar-refractivity contribution >= 4 is 17.9 Å². The lowest BCUT2D eigenvalue weighted by Gasteiger charge is -2.18. The number of hydrogen-bond donors (Lipinski definition) is 0. The third-order valence-corrected chi connectivity index (χ3v) is 13.7. The van der Waals surface area contributed by atoms with Gasteiger partial charge in [-0.05, 0) is 51.4 Å². The molecule has 0 spiro atoms. The van der Waals surface area contributed by atoms with Gasteiger partial charge in [0, 0.05) is 19.3 Å². The first kappa shape index (κ1) is 66.6. The Morgan fingerprint density at radius 1 is 0.304 bits per heavy atom. The van der Waals surface area contributed by atoms with Gasteiger partial charge in [-0.2, -0.15) is 0 Å². The molecule has 0 saturated heterocycles. The Labute approximate surface area is 429 Å². The van der Waals surface area contributed by atoms with Crippen LogP contribution < -0.4 is 0 Å². The van der Waals surface area contributed by atoms with Crippen LogP contribution in [0.4, 0.5) is 0 Å². The zero-order valence-electron chi connectivity index (χ0n) is 46.3. The smallest absolute Gasteiger partial charge is 0.306 e. The number of esters is 3. The Morgan fingerprint density at radius 2 is 0.565 bits per heavy atom. The summed E-state index contributed by atoms with van der Waals surface area (Å²) in [5.41, 5.74) is 0. The van der Waals surface area contributed by atoms with Crippen LogP contribution >= 0.6 is 0 Å². The molecular weight excluding hydrogens is 853 g/mol. The number of unbranched alkanes of at least 4 members (excludes halogenated alkanes) is 39. The molecule has 0 rings (SSSR count). The van der Waals surface area contributed by atoms with Crippen molar-refractivity contribution in [1.82, 2.24) is 0 Å². The zero-order valence-corrected chi connectivity index (χ0v) is 46.3. The quantitative estimate of drug-likeness (QED) is 0.0261. The van der Waals surface area contributed by atoms with E-state index in [1.54, 1.807) is 0 Å². The molecule has 0 aromatic carbocycles. The normalized spacial score (nSPS) is 12.2. The molecule has 0 heterocycles. The molecule has 0 amide bonds. The molecule has 0 radical (unpaired) electrons. The first-order chi connectivity index (χ1) is 34.0. The summed E-state index contributed by atoms with van der Waals surface area (Å²) in [7, 11) is 0. The molecule has 0 N–H and O–H groups in total. The highest BCUT2D eigenvalue weighted by atomic mass is 16.6. The Morgan fingerprint density at radius 3 is 0.884 bits per heavy atom. The Balaban J connectivity index is 4.33. The van der Waals surface area contributed by atoms with Gasteiger partial charge in [-0.25, -0.2) is 0 Å². The SMILES string of the molecule is CC/C=C\C/C=C\C/C=C\CCCCCCCC(=O)OC[C@H](COC(=O)CCCCCCCCCCCCCCCCCCCC)OC(=O)CCCCCCCCCCCCCCCCCCCC. The van der Waals surface area contributed by atoms with Crippen LogP contribution in [0.1, 0.15) is 329 Å². The number of ether oxygens (including phenoxy) is 3. The summed E-state index contributed by atoms with van der Waals surface area (Å²) in [6.45, 7) is 6.57. The zero-order chi connectivity index (χ0) is 50.0. The molecule has 404 valence electrons. The van der Waals surface area contributed by atoms with Gasteiger partial charge in [0.15, 0.2) is 6.10 Å². The van der Waals surface area contributed by atoms with Gasteiger partial charge < -0.3 is 14.2 Å². The van der Waals surface area contributed by atoms with Crippen LogP contribution in [-0.2, 0) is 28.6 Å². The Bertz CT molecular complexity index is 1160. The lowest BCUT2D eigenvalue weighted by Crippen LogP contribution is -2.30. The first-order valence-electron chi connectivity index (χ1n) is 30.5. The van der Waals surface area contributed by atoms with Gasteiger partial charge >= 0.3 is 17.9 Å². The molecule has 0 aromatic heterocycles. The van der Waals surface area contributed by atoms with Gasteiger partial charge in [0.1, 0.15) is 13.2 Å². The lowest BCUT2D eigenvalue weighted by molar-refractivity contribution is -0.167. The fourth-order valence-electron chi connectivity index (χ4n) is 9.11. The molecule has 0 aromatic rings. The van der Waals surface area contributed by atoms with Crippen molar-refractivity contribution < 1.29 is 28.6 Å². The molecule has 69 heavy (non-hydrogen) atoms. The molecule has 1 atom stereocenters. The van der Waals surface area contributed by atoms with E-state index in [4.69, 9.17) is 14.2 Å². The highest BCUT2D eigenvalue weighted by Crippen LogP contribution is 2.18. The van der Waals surface area contributed by atoms with Crippen molar-refractivity contribution in [3.8, 4) is 0 Å². The van der Waals surface area contributed by atoms with E-state index in [0.29, 0.717) is 19.3 Å². The average molecular weight is 970 g/mol. The lowest BCUT2D eigenvalue weighted by atomic mass is 10.0. The van der Waals surface area contributed by atoms with E-state index in [1.165, 1.54) is 193 Å². The standard InChI is InChI=1S/C63H116O6/c1-4-7-10-13-16-19-22-25-28-30-32-35-38-41-44-47-50-53-56-62(65)68-59-60(58-67-61(64)55-52-49-46-43-40-37-34-27-24-21-18-15-12-9-6-3)69-63(66)57-54-51-48-45-42-39-36-33-31-29-26-23-20-17-14-11-8-5-2/h9,12,18,21,27,34,60H,4-8,10-11,13-17,19-20,22-26,28-33,35-59H2,1-3H3/b12-9-,21-18-,34-27-/t60-/m1/s1. The summed E-state index contributed by atoms with van der Waals surface area (Å²) < 4.78 is 16.9. The molecule has 6 nitrogen and oxygen atoms in total. The van der Waals surface area contributed by atoms with Gasteiger partial charge in [-0.3, -0.25) is 14.4 Å². The van der Waals surface area contributed by atoms with E-state index in [-0.39, 0.29) is 31.1 Å². The minimum atomic E-state index is -0.775. The van der Waals surface area contributed by atoms with E-state index in [9.17, 15) is 14.4 Å². The number of hydrogen-bond acceptors (Lipinski definition) is 6. The second-order valence-electron chi connectivity index (χ2n) is 20.6. The Kier molecular flexibility index (Phi) is 56.2. The van der Waals surface area contributed by atoms with E-state index in [2.05, 4.69) is 57.2 Å². The summed E-state index contributed by atoms with van der Waals surface area (Å²) in [6.07, 6.45) is 70.0. The van der Waals surface area contributed by atoms with Crippen LogP contribution in [0.25, 0.3) is 0 Å². The predicted octanol–water partition coefficient (Wildman–Crippen LogP) is 20.4. The maximum atomic E-state index is 12.9. The van der Waals surface area contributed by atoms with Crippen LogP contribution in [0, 0.1) is 0 Å². The van der Waals surface area contributed by atoms with Crippen molar-refractivity contribution in [2.75, 3.05) is 13.2 Å². The van der Waals surface area contributed by atoms with E-state index in [1.807, 2.05) is 0 Å². The number of rotatable bonds is 56. The summed E-state index contributed by atoms with van der Waals surface area (Å²) in [4.78, 5) is 38.2. The van der Waals surface area contributed by atoms with Crippen molar-refractivity contribution in [3.63, 3.8) is 0 Å². The predicted molar refractivity (Wildman–Crippen MR) is 298 cm³/mol. The maximum Gasteiger partial charge on any atom is 0.306 e. The minimum Gasteiger partial charge on any atom is -0.462 e. The monoisotopic (exact) mass is 969 g/mol. The molecule has 0 fully saturated rings. The van der Waals surface area contributed by atoms with Crippen LogP contribution in [-0.4, -0.2) is 37.2 Å². The van der Waals surface area contributed by atoms with Gasteiger partial charge in [0.05, 0.1) is 0 Å². The number of allylic oxidation sites excluding steroid dienone is 6. The molecular formula is C63H116O6. The van der Waals surface area contributed by atoms with Crippen LogP contribution in [0.2, 0.25) is 0 Å². The summed E-state index contributed by atoms with van der Waals surface area (Å²) in [5, 5.41) is 0. The fourth-order valence-corrected chi connectivity index (χ4v) is 9.11. The molecule has 6 heteroatoms. The fraction of sp³-hybridized carbons (Fsp3) is 0.857. The number of carbonyl (C=O) groups is 3. The van der Waals surface area contributed by atoms with E-state index < -0.39 is 6.10 Å². The van der Waals surface area contributed by atoms with E-state index in [0.717, 1.165) is 96.3 Å². The topological polar surface area (TPSA) is 78.9 Å². The van der Waals surface area contributed by atoms with Crippen LogP contribution in [0.5, 0.6) is 0 Å². The summed E-state index contributed by atoms with van der Waals surface area (Å²) in [6, 6.07) is 0. The van der Waals surface area contributed by atoms with Crippen molar-refractivity contribution in [3.05, 3.63) is 36.5 Å². The van der Waals surface area contributed by atoms with Gasteiger partial charge in [0.2, 0.25) is 0 Å². The molecule has 0 unspecified atom stereocenters. The van der Waals surface area contributed by atoms with Crippen LogP contribution in [0.3, 0.4) is 0 Å². The van der Waals surface area contributed by atoms with E-state index >= 15 is 0 Å². The number of carbonyl (C=O) groups excluding carboxylic acids is 3. The van der Waals surface area contributed by atoms with Crippen molar-refractivity contribution in [2.45, 2.75) is 335 Å². The molecule has 0 aliphatic rings. The molecule has 0 aliphatic heterocycles. The summed E-state index contributed by atoms with van der Waals surface area (Å²) >= 11 is 0. The molecule has 0 aliphatic carbocycles. The van der Waals surface area contributed by atoms with Gasteiger partial charge in [-0.15, -0.1) is 0 Å². The first-order valence-corrected chi connectivity index (χ1v) is 30.5. The van der Waals surface area contributed by atoms with Crippen molar-refractivity contribution in [2.24, 2.45) is 0 Å². The molecule has 0 bridgehead atoms. The van der Waals surface area contributed by atoms with Crippen molar-refractivity contribution in [1.29, 1.82) is 0 Å². The largest absolute Gasteiger partial charge is 0.462 e. The van der Waals surface area contributed by atoms with Crippen LogP contribution in [0.15, 0.2) is 36.5 Å². The van der Waals surface area contributed by atoms with Gasteiger partial charge in [0.25, 0.3) is 0 Å². The minimum absolute atomic E-state index is 0.0724. The second-order valence-corrected chi connectivity index (χ2v) is 20.6. The third-order valence-electron chi connectivity index (χ3n) is 13.7. The van der Waals surface area contributed by atoms with Gasteiger partial charge in [-0.1, -0.05) is 295 Å². The highest BCUT2D eigenvalue weighted by molar-refractivity contribution is 5.71. The maximum absolute atomic E-state index is 12.9. The summed E-state index contributed by atoms with van der Waals surface area (Å²) in [5.74, 6) is -0.866. The third kappa shape index (κ3) is 56.4. The highest BCUT2D eigenvalue weighted by Gasteiger charge is 2.19. The average Bonchev–Trinajstić information content (AvgIpc) is 3.35.